The number of thioether (sulfide) groups is 1. The van der Waals surface area contributed by atoms with Gasteiger partial charge in [0.2, 0.25) is 0 Å². The number of hydrogen-bond donors (Lipinski definition) is 1. The topological polar surface area (TPSA) is 50.2 Å². The molecule has 0 aliphatic rings. The second-order valence-electron chi connectivity index (χ2n) is 3.53. The normalized spacial score (nSPS) is 12.5. The van der Waals surface area contributed by atoms with E-state index >= 15 is 0 Å². The van der Waals surface area contributed by atoms with Crippen molar-refractivity contribution in [3.63, 3.8) is 0 Å². The minimum Gasteiger partial charge on any atom is -0.396 e. The number of Topliss-reactive ketones (excluding diaryl/α,β-unsaturated/α-hetero) is 1. The average molecular weight is 225 g/mol. The van der Waals surface area contributed by atoms with Crippen LogP contribution in [0.5, 0.6) is 0 Å². The fraction of sp³-hybridized carbons (Fsp3) is 0.455. The lowest BCUT2D eigenvalue weighted by Crippen LogP contribution is -2.03. The van der Waals surface area contributed by atoms with Gasteiger partial charge in [0.15, 0.2) is 5.78 Å². The summed E-state index contributed by atoms with van der Waals surface area (Å²) in [4.78, 5) is 16.0. The SMILES string of the molecule is CC(=O)c1ccc(SCC(C)CO)cn1. The van der Waals surface area contributed by atoms with Crippen LogP contribution in [0.4, 0.5) is 0 Å². The van der Waals surface area contributed by atoms with Crippen LogP contribution in [-0.4, -0.2) is 28.2 Å². The largest absolute Gasteiger partial charge is 0.396 e. The number of hydrogen-bond acceptors (Lipinski definition) is 4. The summed E-state index contributed by atoms with van der Waals surface area (Å²) in [6, 6.07) is 3.62. The molecule has 1 rings (SSSR count). The first-order valence-electron chi connectivity index (χ1n) is 4.84. The van der Waals surface area contributed by atoms with Gasteiger partial charge in [-0.1, -0.05) is 6.92 Å². The van der Waals surface area contributed by atoms with Gasteiger partial charge in [-0.25, -0.2) is 0 Å². The Labute approximate surface area is 93.9 Å². The van der Waals surface area contributed by atoms with Gasteiger partial charge in [-0.2, -0.15) is 0 Å². The standard InChI is InChI=1S/C11H15NO2S/c1-8(6-13)7-15-10-3-4-11(9(2)14)12-5-10/h3-5,8,13H,6-7H2,1-2H3. The molecule has 1 aromatic heterocycles. The summed E-state index contributed by atoms with van der Waals surface area (Å²) in [6.45, 7) is 3.69. The van der Waals surface area contributed by atoms with Crippen LogP contribution >= 0.6 is 11.8 Å². The number of pyridine rings is 1. The fourth-order valence-electron chi connectivity index (χ4n) is 0.965. The Bertz CT molecular complexity index is 324. The average Bonchev–Trinajstić information content (AvgIpc) is 2.26. The quantitative estimate of drug-likeness (QED) is 0.615. The van der Waals surface area contributed by atoms with Gasteiger partial charge in [-0.05, 0) is 18.1 Å². The fourth-order valence-corrected chi connectivity index (χ4v) is 1.84. The molecular formula is C11H15NO2S. The monoisotopic (exact) mass is 225 g/mol. The number of aliphatic hydroxyl groups excluding tert-OH is 1. The van der Waals surface area contributed by atoms with E-state index in [1.807, 2.05) is 13.0 Å². The molecule has 1 aromatic rings. The first kappa shape index (κ1) is 12.2. The van der Waals surface area contributed by atoms with Crippen molar-refractivity contribution < 1.29 is 9.90 Å². The molecule has 0 saturated carbocycles. The highest BCUT2D eigenvalue weighted by atomic mass is 32.2. The molecule has 0 radical (unpaired) electrons. The molecule has 1 heterocycles. The molecule has 0 spiro atoms. The van der Waals surface area contributed by atoms with Crippen molar-refractivity contribution >= 4 is 17.5 Å². The summed E-state index contributed by atoms with van der Waals surface area (Å²) < 4.78 is 0. The zero-order valence-corrected chi connectivity index (χ0v) is 9.75. The van der Waals surface area contributed by atoms with Gasteiger partial charge in [-0.3, -0.25) is 9.78 Å². The van der Waals surface area contributed by atoms with Gasteiger partial charge < -0.3 is 5.11 Å². The molecule has 0 fully saturated rings. The van der Waals surface area contributed by atoms with Gasteiger partial charge in [0.25, 0.3) is 0 Å². The van der Waals surface area contributed by atoms with E-state index in [1.54, 1.807) is 24.0 Å². The third-order valence-electron chi connectivity index (χ3n) is 1.94. The zero-order valence-electron chi connectivity index (χ0n) is 8.93. The maximum atomic E-state index is 11.0. The van der Waals surface area contributed by atoms with E-state index in [4.69, 9.17) is 5.11 Å². The molecule has 82 valence electrons. The van der Waals surface area contributed by atoms with Crippen LogP contribution in [0.3, 0.4) is 0 Å². The minimum absolute atomic E-state index is 0.0183. The second kappa shape index (κ2) is 5.88. The predicted octanol–water partition coefficient (Wildman–Crippen LogP) is 2.00. The van der Waals surface area contributed by atoms with Crippen molar-refractivity contribution in [3.8, 4) is 0 Å². The number of nitrogens with zero attached hydrogens (tertiary/aromatic N) is 1. The van der Waals surface area contributed by atoms with Crippen molar-refractivity contribution in [2.45, 2.75) is 18.7 Å². The zero-order chi connectivity index (χ0) is 11.3. The minimum atomic E-state index is -0.0183. The van der Waals surface area contributed by atoms with E-state index in [2.05, 4.69) is 4.98 Å². The summed E-state index contributed by atoms with van der Waals surface area (Å²) >= 11 is 1.64. The number of carbonyl (C=O) groups is 1. The Morgan fingerprint density at radius 3 is 2.80 bits per heavy atom. The van der Waals surface area contributed by atoms with E-state index in [0.29, 0.717) is 5.69 Å². The smallest absolute Gasteiger partial charge is 0.178 e. The van der Waals surface area contributed by atoms with Crippen LogP contribution in [0.1, 0.15) is 24.3 Å². The van der Waals surface area contributed by atoms with Gasteiger partial charge in [0, 0.05) is 30.4 Å². The first-order chi connectivity index (χ1) is 7.13. The molecule has 0 aromatic carbocycles. The van der Waals surface area contributed by atoms with Crippen LogP contribution in [0.15, 0.2) is 23.2 Å². The first-order valence-corrected chi connectivity index (χ1v) is 5.82. The molecule has 3 nitrogen and oxygen atoms in total. The highest BCUT2D eigenvalue weighted by Crippen LogP contribution is 2.19. The molecule has 0 aliphatic carbocycles. The Hall–Kier alpha value is -0.870. The number of carbonyl (C=O) groups excluding carboxylic acids is 1. The lowest BCUT2D eigenvalue weighted by molar-refractivity contribution is 0.101. The molecule has 15 heavy (non-hydrogen) atoms. The van der Waals surface area contributed by atoms with E-state index in [9.17, 15) is 4.79 Å². The number of ketones is 1. The van der Waals surface area contributed by atoms with Crippen molar-refractivity contribution in [3.05, 3.63) is 24.0 Å². The molecule has 4 heteroatoms. The molecule has 1 atom stereocenters. The highest BCUT2D eigenvalue weighted by Gasteiger charge is 2.03. The van der Waals surface area contributed by atoms with E-state index in [-0.39, 0.29) is 18.3 Å². The molecule has 0 saturated heterocycles. The van der Waals surface area contributed by atoms with Crippen molar-refractivity contribution in [1.29, 1.82) is 0 Å². The predicted molar refractivity (Wildman–Crippen MR) is 61.2 cm³/mol. The number of aromatic nitrogens is 1. The van der Waals surface area contributed by atoms with E-state index < -0.39 is 0 Å². The lowest BCUT2D eigenvalue weighted by atomic mass is 10.2. The van der Waals surface area contributed by atoms with Gasteiger partial charge in [0.05, 0.1) is 0 Å². The van der Waals surface area contributed by atoms with Crippen LogP contribution in [0, 0.1) is 5.92 Å². The number of rotatable bonds is 5. The lowest BCUT2D eigenvalue weighted by Gasteiger charge is -2.06. The Kier molecular flexibility index (Phi) is 4.78. The number of aliphatic hydroxyl groups is 1. The third kappa shape index (κ3) is 4.01. The van der Waals surface area contributed by atoms with E-state index in [1.165, 1.54) is 6.92 Å². The maximum Gasteiger partial charge on any atom is 0.178 e. The second-order valence-corrected chi connectivity index (χ2v) is 4.63. The van der Waals surface area contributed by atoms with Crippen molar-refractivity contribution in [2.24, 2.45) is 5.92 Å². The van der Waals surface area contributed by atoms with Crippen molar-refractivity contribution in [1.82, 2.24) is 4.98 Å². The van der Waals surface area contributed by atoms with Crippen LogP contribution in [0.25, 0.3) is 0 Å². The third-order valence-corrected chi connectivity index (χ3v) is 3.25. The summed E-state index contributed by atoms with van der Waals surface area (Å²) in [5, 5.41) is 8.86. The van der Waals surface area contributed by atoms with Gasteiger partial charge in [-0.15, -0.1) is 11.8 Å². The molecule has 1 N–H and O–H groups in total. The van der Waals surface area contributed by atoms with Crippen LogP contribution in [0.2, 0.25) is 0 Å². The summed E-state index contributed by atoms with van der Waals surface area (Å²) in [5.41, 5.74) is 0.495. The molecular weight excluding hydrogens is 210 g/mol. The maximum absolute atomic E-state index is 11.0. The van der Waals surface area contributed by atoms with E-state index in [0.717, 1.165) is 10.6 Å². The summed E-state index contributed by atoms with van der Waals surface area (Å²) in [5.74, 6) is 1.12. The van der Waals surface area contributed by atoms with Gasteiger partial charge in [0.1, 0.15) is 5.69 Å². The Balaban J connectivity index is 2.53. The van der Waals surface area contributed by atoms with Crippen molar-refractivity contribution in [2.75, 3.05) is 12.4 Å². The van der Waals surface area contributed by atoms with Crippen LogP contribution in [-0.2, 0) is 0 Å². The summed E-state index contributed by atoms with van der Waals surface area (Å²) in [6.07, 6.45) is 1.70. The molecule has 0 amide bonds. The highest BCUT2D eigenvalue weighted by molar-refractivity contribution is 7.99. The summed E-state index contributed by atoms with van der Waals surface area (Å²) in [7, 11) is 0. The molecule has 0 aliphatic heterocycles. The van der Waals surface area contributed by atoms with Crippen LogP contribution < -0.4 is 0 Å². The Morgan fingerprint density at radius 1 is 1.60 bits per heavy atom. The molecule has 1 unspecified atom stereocenters. The molecule has 0 bridgehead atoms. The Morgan fingerprint density at radius 2 is 2.33 bits per heavy atom. The van der Waals surface area contributed by atoms with Gasteiger partial charge >= 0.3 is 0 Å².